The van der Waals surface area contributed by atoms with Crippen molar-refractivity contribution >= 4 is 34.0 Å². The van der Waals surface area contributed by atoms with Crippen LogP contribution in [0.4, 0.5) is 5.69 Å². The molecule has 0 saturated carbocycles. The van der Waals surface area contributed by atoms with Gasteiger partial charge in [0, 0.05) is 21.7 Å². The van der Waals surface area contributed by atoms with E-state index in [1.165, 1.54) is 0 Å². The van der Waals surface area contributed by atoms with Gasteiger partial charge in [-0.05, 0) is 48.5 Å². The Morgan fingerprint density at radius 2 is 1.75 bits per heavy atom. The molecule has 0 saturated heterocycles. The molecule has 0 aliphatic carbocycles. The van der Waals surface area contributed by atoms with Crippen molar-refractivity contribution < 1.29 is 4.79 Å². The first kappa shape index (κ1) is 12.6. The van der Waals surface area contributed by atoms with Crippen molar-refractivity contribution in [2.24, 2.45) is 0 Å². The average molecular weight is 283 g/mol. The van der Waals surface area contributed by atoms with Gasteiger partial charge < -0.3 is 5.73 Å². The van der Waals surface area contributed by atoms with Gasteiger partial charge in [-0.2, -0.15) is 0 Å². The van der Waals surface area contributed by atoms with E-state index in [2.05, 4.69) is 4.98 Å². The Morgan fingerprint density at radius 1 is 1.00 bits per heavy atom. The summed E-state index contributed by atoms with van der Waals surface area (Å²) in [6.07, 6.45) is 0. The molecular formula is C16H11ClN2O. The standard InChI is InChI=1S/C16H11ClN2O/c17-12-4-8-14-11(9-12)3-7-15(19-14)16(20)10-1-5-13(18)6-2-10/h1-9H,18H2. The number of hydrogen-bond acceptors (Lipinski definition) is 3. The SMILES string of the molecule is Nc1ccc(C(=O)c2ccc3cc(Cl)ccc3n2)cc1. The number of nitrogens with two attached hydrogens (primary N) is 1. The number of aromatic nitrogens is 1. The van der Waals surface area contributed by atoms with Gasteiger partial charge in [0.25, 0.3) is 0 Å². The van der Waals surface area contributed by atoms with Gasteiger partial charge >= 0.3 is 0 Å². The molecule has 4 heteroatoms. The summed E-state index contributed by atoms with van der Waals surface area (Å²) in [7, 11) is 0. The zero-order chi connectivity index (χ0) is 14.1. The van der Waals surface area contributed by atoms with Crippen molar-refractivity contribution in [2.75, 3.05) is 5.73 Å². The molecular weight excluding hydrogens is 272 g/mol. The zero-order valence-corrected chi connectivity index (χ0v) is 11.3. The largest absolute Gasteiger partial charge is 0.399 e. The van der Waals surface area contributed by atoms with E-state index in [1.54, 1.807) is 42.5 Å². The molecule has 0 aliphatic rings. The molecule has 0 bridgehead atoms. The quantitative estimate of drug-likeness (QED) is 0.576. The minimum atomic E-state index is -0.123. The fraction of sp³-hybridized carbons (Fsp3) is 0. The van der Waals surface area contributed by atoms with Crippen LogP contribution in [0.1, 0.15) is 16.1 Å². The normalized spacial score (nSPS) is 10.7. The Kier molecular flexibility index (Phi) is 3.12. The second kappa shape index (κ2) is 4.94. The molecule has 3 aromatic rings. The van der Waals surface area contributed by atoms with Crippen LogP contribution in [0.5, 0.6) is 0 Å². The maximum absolute atomic E-state index is 12.3. The van der Waals surface area contributed by atoms with Gasteiger partial charge in [0.15, 0.2) is 0 Å². The second-order valence-corrected chi connectivity index (χ2v) is 4.92. The number of fused-ring (bicyclic) bond motifs is 1. The lowest BCUT2D eigenvalue weighted by molar-refractivity contribution is 0.103. The van der Waals surface area contributed by atoms with E-state index in [9.17, 15) is 4.79 Å². The molecule has 1 heterocycles. The first-order chi connectivity index (χ1) is 9.63. The molecule has 98 valence electrons. The molecule has 0 atom stereocenters. The van der Waals surface area contributed by atoms with E-state index >= 15 is 0 Å². The number of hydrogen-bond donors (Lipinski definition) is 1. The monoisotopic (exact) mass is 282 g/mol. The van der Waals surface area contributed by atoms with Crippen LogP contribution in [0.15, 0.2) is 54.6 Å². The van der Waals surface area contributed by atoms with Gasteiger partial charge in [-0.3, -0.25) is 4.79 Å². The maximum Gasteiger partial charge on any atom is 0.211 e. The van der Waals surface area contributed by atoms with Gasteiger partial charge in [-0.15, -0.1) is 0 Å². The first-order valence-corrected chi connectivity index (χ1v) is 6.48. The summed E-state index contributed by atoms with van der Waals surface area (Å²) in [5.41, 5.74) is 7.96. The minimum absolute atomic E-state index is 0.123. The van der Waals surface area contributed by atoms with Crippen LogP contribution < -0.4 is 5.73 Å². The lowest BCUT2D eigenvalue weighted by Crippen LogP contribution is -2.04. The predicted octanol–water partition coefficient (Wildman–Crippen LogP) is 3.70. The highest BCUT2D eigenvalue weighted by Crippen LogP contribution is 2.19. The number of nitrogens with zero attached hydrogens (tertiary/aromatic N) is 1. The molecule has 20 heavy (non-hydrogen) atoms. The van der Waals surface area contributed by atoms with Crippen LogP contribution in [-0.2, 0) is 0 Å². The fourth-order valence-corrected chi connectivity index (χ4v) is 2.19. The van der Waals surface area contributed by atoms with Crippen LogP contribution in [0.2, 0.25) is 5.02 Å². The molecule has 2 aromatic carbocycles. The lowest BCUT2D eigenvalue weighted by Gasteiger charge is -2.03. The molecule has 2 N–H and O–H groups in total. The van der Waals surface area contributed by atoms with Crippen LogP contribution >= 0.6 is 11.6 Å². The van der Waals surface area contributed by atoms with Gasteiger partial charge in [0.05, 0.1) is 5.52 Å². The third-order valence-electron chi connectivity index (χ3n) is 3.06. The lowest BCUT2D eigenvalue weighted by atomic mass is 10.1. The summed E-state index contributed by atoms with van der Waals surface area (Å²) >= 11 is 5.93. The highest BCUT2D eigenvalue weighted by Gasteiger charge is 2.11. The third kappa shape index (κ3) is 2.36. The molecule has 0 unspecified atom stereocenters. The number of nitrogen functional groups attached to an aromatic ring is 1. The summed E-state index contributed by atoms with van der Waals surface area (Å²) in [6, 6.07) is 15.7. The molecule has 0 radical (unpaired) electrons. The zero-order valence-electron chi connectivity index (χ0n) is 10.5. The number of carbonyl (C=O) groups excluding carboxylic acids is 1. The van der Waals surface area contributed by atoms with E-state index < -0.39 is 0 Å². The highest BCUT2D eigenvalue weighted by atomic mass is 35.5. The van der Waals surface area contributed by atoms with Crippen molar-refractivity contribution in [3.05, 3.63) is 70.9 Å². The molecule has 0 aliphatic heterocycles. The van der Waals surface area contributed by atoms with Gasteiger partial charge in [-0.25, -0.2) is 4.98 Å². The van der Waals surface area contributed by atoms with Crippen LogP contribution in [0.3, 0.4) is 0 Å². The van der Waals surface area contributed by atoms with E-state index in [0.717, 1.165) is 10.9 Å². The molecule has 3 nitrogen and oxygen atoms in total. The second-order valence-electron chi connectivity index (χ2n) is 4.48. The molecule has 0 fully saturated rings. The van der Waals surface area contributed by atoms with E-state index in [0.29, 0.717) is 22.0 Å². The number of ketones is 1. The Bertz CT molecular complexity index is 797. The Balaban J connectivity index is 2.03. The number of pyridine rings is 1. The smallest absolute Gasteiger partial charge is 0.211 e. The van der Waals surface area contributed by atoms with Crippen molar-refractivity contribution in [2.45, 2.75) is 0 Å². The van der Waals surface area contributed by atoms with Crippen molar-refractivity contribution in [3.63, 3.8) is 0 Å². The predicted molar refractivity (Wildman–Crippen MR) is 81.0 cm³/mol. The van der Waals surface area contributed by atoms with Gasteiger partial charge in [0.1, 0.15) is 5.69 Å². The van der Waals surface area contributed by atoms with Crippen molar-refractivity contribution in [1.82, 2.24) is 4.98 Å². The topological polar surface area (TPSA) is 56.0 Å². The Hall–Kier alpha value is -2.39. The van der Waals surface area contributed by atoms with Crippen molar-refractivity contribution in [1.29, 1.82) is 0 Å². The van der Waals surface area contributed by atoms with E-state index in [1.807, 2.05) is 12.1 Å². The molecule has 0 spiro atoms. The van der Waals surface area contributed by atoms with E-state index in [4.69, 9.17) is 17.3 Å². The summed E-state index contributed by atoms with van der Waals surface area (Å²) in [4.78, 5) is 16.7. The average Bonchev–Trinajstić information content (AvgIpc) is 2.47. The maximum atomic E-state index is 12.3. The number of carbonyl (C=O) groups is 1. The summed E-state index contributed by atoms with van der Waals surface area (Å²) < 4.78 is 0. The fourth-order valence-electron chi connectivity index (χ4n) is 2.01. The molecule has 3 rings (SSSR count). The van der Waals surface area contributed by atoms with Crippen LogP contribution in [-0.4, -0.2) is 10.8 Å². The van der Waals surface area contributed by atoms with Crippen molar-refractivity contribution in [3.8, 4) is 0 Å². The Morgan fingerprint density at radius 3 is 2.50 bits per heavy atom. The number of halogens is 1. The van der Waals surface area contributed by atoms with Gasteiger partial charge in [0.2, 0.25) is 5.78 Å². The molecule has 0 amide bonds. The van der Waals surface area contributed by atoms with E-state index in [-0.39, 0.29) is 5.78 Å². The summed E-state index contributed by atoms with van der Waals surface area (Å²) in [5.74, 6) is -0.123. The van der Waals surface area contributed by atoms with Crippen LogP contribution in [0.25, 0.3) is 10.9 Å². The van der Waals surface area contributed by atoms with Crippen LogP contribution in [0, 0.1) is 0 Å². The summed E-state index contributed by atoms with van der Waals surface area (Å²) in [6.45, 7) is 0. The summed E-state index contributed by atoms with van der Waals surface area (Å²) in [5, 5.41) is 1.56. The van der Waals surface area contributed by atoms with Gasteiger partial charge in [-0.1, -0.05) is 17.7 Å². The Labute approximate surface area is 121 Å². The third-order valence-corrected chi connectivity index (χ3v) is 3.29. The first-order valence-electron chi connectivity index (χ1n) is 6.10. The minimum Gasteiger partial charge on any atom is -0.399 e. The molecule has 1 aromatic heterocycles. The number of benzene rings is 2. The highest BCUT2D eigenvalue weighted by molar-refractivity contribution is 6.31. The number of rotatable bonds is 2. The number of anilines is 1.